The van der Waals surface area contributed by atoms with Gasteiger partial charge in [-0.2, -0.15) is 0 Å². The van der Waals surface area contributed by atoms with Crippen molar-refractivity contribution in [3.05, 3.63) is 0 Å². The van der Waals surface area contributed by atoms with Gasteiger partial charge in [0.1, 0.15) is 47.1 Å². The summed E-state index contributed by atoms with van der Waals surface area (Å²) in [6.07, 6.45) is -8.29. The topological polar surface area (TPSA) is 110 Å². The van der Waals surface area contributed by atoms with Gasteiger partial charge in [0, 0.05) is 0 Å². The second kappa shape index (κ2) is 4.01. The average molecular weight is 210 g/mol. The van der Waals surface area contributed by atoms with Crippen molar-refractivity contribution in [3.63, 3.8) is 0 Å². The van der Waals surface area contributed by atoms with E-state index in [4.69, 9.17) is 9.53 Å². The molecule has 1 aliphatic rings. The Kier molecular flexibility index (Phi) is 3.41. The van der Waals surface area contributed by atoms with Gasteiger partial charge >= 0.3 is 0 Å². The molecule has 0 aromatic rings. The molecule has 0 saturated heterocycles. The summed E-state index contributed by atoms with van der Waals surface area (Å²) >= 11 is 0. The van der Waals surface area contributed by atoms with Gasteiger partial charge in [0.2, 0.25) is 0 Å². The Balaban J connectivity index is 2.79. The first-order valence-electron chi connectivity index (χ1n) is 3.93. The van der Waals surface area contributed by atoms with Gasteiger partial charge in [-0.3, -0.25) is 0 Å². The molecule has 0 radical (unpaired) electrons. The van der Waals surface area contributed by atoms with Gasteiger partial charge in [-0.1, -0.05) is 0 Å². The zero-order valence-electron chi connectivity index (χ0n) is 7.11. The minimum absolute atomic E-state index is 0.258. The Bertz CT molecular complexity index is 163. The highest BCUT2D eigenvalue weighted by atomic mass is 28.2. The molecule has 0 heterocycles. The van der Waals surface area contributed by atoms with Crippen LogP contribution in [-0.2, 0) is 4.43 Å². The molecule has 0 aromatic heterocycles. The molecule has 6 atom stereocenters. The fourth-order valence-corrected chi connectivity index (χ4v) is 2.03. The standard InChI is InChI=1S/C6H14O6Si/c7-1-2(8)4(10)6(12-13)5(11)3(1)9/h1-11H,13H3/t1?,2-,3+,4-,5-,6?/m0/s1. The Hall–Kier alpha value is -0.0231. The predicted molar refractivity (Wildman–Crippen MR) is 44.8 cm³/mol. The van der Waals surface area contributed by atoms with E-state index in [0.29, 0.717) is 0 Å². The highest BCUT2D eigenvalue weighted by Crippen LogP contribution is 2.22. The van der Waals surface area contributed by atoms with Gasteiger partial charge in [-0.05, 0) is 0 Å². The molecule has 7 heteroatoms. The molecule has 0 aliphatic heterocycles. The van der Waals surface area contributed by atoms with Gasteiger partial charge in [0.25, 0.3) is 0 Å². The fourth-order valence-electron chi connectivity index (χ4n) is 1.48. The first-order chi connectivity index (χ1) is 6.00. The van der Waals surface area contributed by atoms with E-state index in [2.05, 4.69) is 0 Å². The number of aliphatic hydroxyl groups excluding tert-OH is 5. The zero-order valence-corrected chi connectivity index (χ0v) is 9.11. The van der Waals surface area contributed by atoms with E-state index in [1.807, 2.05) is 0 Å². The zero-order chi connectivity index (χ0) is 10.2. The second-order valence-corrected chi connectivity index (χ2v) is 3.62. The van der Waals surface area contributed by atoms with Crippen molar-refractivity contribution in [3.8, 4) is 0 Å². The minimum atomic E-state index is -1.54. The molecule has 1 rings (SSSR count). The number of aliphatic hydroxyl groups is 5. The van der Waals surface area contributed by atoms with Crippen LogP contribution in [-0.4, -0.2) is 72.6 Å². The molecular weight excluding hydrogens is 196 g/mol. The number of hydrogen-bond acceptors (Lipinski definition) is 6. The molecule has 0 amide bonds. The molecule has 13 heavy (non-hydrogen) atoms. The van der Waals surface area contributed by atoms with Crippen LogP contribution in [0.4, 0.5) is 0 Å². The van der Waals surface area contributed by atoms with Crippen LogP contribution in [0.3, 0.4) is 0 Å². The highest BCUT2D eigenvalue weighted by Gasteiger charge is 2.48. The second-order valence-electron chi connectivity index (χ2n) is 3.15. The van der Waals surface area contributed by atoms with E-state index in [1.54, 1.807) is 0 Å². The number of rotatable bonds is 1. The summed E-state index contributed by atoms with van der Waals surface area (Å²) < 4.78 is 4.81. The molecule has 0 spiro atoms. The fraction of sp³-hybridized carbons (Fsp3) is 1.00. The molecular formula is C6H14O6Si. The van der Waals surface area contributed by atoms with Crippen molar-refractivity contribution in [2.24, 2.45) is 0 Å². The molecule has 6 nitrogen and oxygen atoms in total. The quantitative estimate of drug-likeness (QED) is 0.279. The lowest BCUT2D eigenvalue weighted by molar-refractivity contribution is -0.216. The van der Waals surface area contributed by atoms with E-state index in [1.165, 1.54) is 0 Å². The monoisotopic (exact) mass is 210 g/mol. The summed E-state index contributed by atoms with van der Waals surface area (Å²) in [6, 6.07) is 0. The highest BCUT2D eigenvalue weighted by molar-refractivity contribution is 5.98. The lowest BCUT2D eigenvalue weighted by Gasteiger charge is -2.41. The largest absolute Gasteiger partial charge is 0.420 e. The molecule has 2 unspecified atom stereocenters. The normalized spacial score (nSPS) is 52.4. The summed E-state index contributed by atoms with van der Waals surface area (Å²) in [4.78, 5) is 0. The van der Waals surface area contributed by atoms with Crippen molar-refractivity contribution in [1.29, 1.82) is 0 Å². The Labute approximate surface area is 77.9 Å². The van der Waals surface area contributed by atoms with Crippen LogP contribution >= 0.6 is 0 Å². The summed E-state index contributed by atoms with van der Waals surface area (Å²) in [5.74, 6) is 0. The van der Waals surface area contributed by atoms with Crippen molar-refractivity contribution >= 4 is 10.5 Å². The van der Waals surface area contributed by atoms with Crippen LogP contribution < -0.4 is 0 Å². The molecule has 1 aliphatic carbocycles. The maximum Gasteiger partial charge on any atom is 0.146 e. The lowest BCUT2D eigenvalue weighted by Crippen LogP contribution is -2.64. The minimum Gasteiger partial charge on any atom is -0.420 e. The smallest absolute Gasteiger partial charge is 0.146 e. The first-order valence-corrected chi connectivity index (χ1v) is 4.75. The molecule has 0 bridgehead atoms. The molecule has 78 valence electrons. The number of hydrogen-bond donors (Lipinski definition) is 5. The van der Waals surface area contributed by atoms with Crippen LogP contribution in [0.2, 0.25) is 0 Å². The SMILES string of the molecule is OC1[C@@H](O)[C@H](O)C(O[SiH3])[C@@H](O)[C@H]1O. The third-order valence-corrected chi connectivity index (χ3v) is 2.89. The van der Waals surface area contributed by atoms with Crippen LogP contribution in [0.25, 0.3) is 0 Å². The molecule has 0 aromatic carbocycles. The molecule has 1 saturated carbocycles. The maximum absolute atomic E-state index is 9.31. The Morgan fingerprint density at radius 1 is 0.692 bits per heavy atom. The van der Waals surface area contributed by atoms with Gasteiger partial charge in [0.15, 0.2) is 0 Å². The van der Waals surface area contributed by atoms with Gasteiger partial charge < -0.3 is 30.0 Å². The van der Waals surface area contributed by atoms with E-state index in [0.717, 1.165) is 0 Å². The summed E-state index contributed by atoms with van der Waals surface area (Å²) in [5.41, 5.74) is 0. The Morgan fingerprint density at radius 3 is 1.31 bits per heavy atom. The van der Waals surface area contributed by atoms with Gasteiger partial charge in [-0.25, -0.2) is 0 Å². The van der Waals surface area contributed by atoms with Crippen molar-refractivity contribution in [1.82, 2.24) is 0 Å². The van der Waals surface area contributed by atoms with Crippen molar-refractivity contribution in [2.45, 2.75) is 36.6 Å². The summed E-state index contributed by atoms with van der Waals surface area (Å²) in [7, 11) is 0.258. The van der Waals surface area contributed by atoms with E-state index in [9.17, 15) is 20.4 Å². The van der Waals surface area contributed by atoms with Crippen LogP contribution in [0.1, 0.15) is 0 Å². The summed E-state index contributed by atoms with van der Waals surface area (Å²) in [6.45, 7) is 0. The van der Waals surface area contributed by atoms with Crippen LogP contribution in [0, 0.1) is 0 Å². The lowest BCUT2D eigenvalue weighted by atomic mass is 9.85. The van der Waals surface area contributed by atoms with E-state index < -0.39 is 36.6 Å². The first kappa shape index (κ1) is 11.1. The third kappa shape index (κ3) is 1.77. The average Bonchev–Trinajstić information content (AvgIpc) is 2.13. The maximum atomic E-state index is 9.31. The van der Waals surface area contributed by atoms with E-state index in [-0.39, 0.29) is 10.5 Å². The van der Waals surface area contributed by atoms with Crippen LogP contribution in [0.15, 0.2) is 0 Å². The molecule has 1 fully saturated rings. The molecule has 5 N–H and O–H groups in total. The van der Waals surface area contributed by atoms with E-state index >= 15 is 0 Å². The van der Waals surface area contributed by atoms with Crippen molar-refractivity contribution in [2.75, 3.05) is 0 Å². The van der Waals surface area contributed by atoms with Crippen LogP contribution in [0.5, 0.6) is 0 Å². The third-order valence-electron chi connectivity index (χ3n) is 2.35. The predicted octanol–water partition coefficient (Wildman–Crippen LogP) is -4.53. The summed E-state index contributed by atoms with van der Waals surface area (Å²) in [5, 5.41) is 46.2. The van der Waals surface area contributed by atoms with Gasteiger partial charge in [0.05, 0.1) is 0 Å². The van der Waals surface area contributed by atoms with Gasteiger partial charge in [-0.15, -0.1) is 0 Å². The Morgan fingerprint density at radius 2 is 1.00 bits per heavy atom. The van der Waals surface area contributed by atoms with Crippen molar-refractivity contribution < 1.29 is 30.0 Å².